The first-order valence-electron chi connectivity index (χ1n) is 10.1. The van der Waals surface area contributed by atoms with Crippen molar-refractivity contribution in [2.45, 2.75) is 38.8 Å². The van der Waals surface area contributed by atoms with Gasteiger partial charge in [-0.15, -0.1) is 0 Å². The van der Waals surface area contributed by atoms with Gasteiger partial charge in [0.2, 0.25) is 0 Å². The molecule has 30 heavy (non-hydrogen) atoms. The highest BCUT2D eigenvalue weighted by Crippen LogP contribution is 2.30. The van der Waals surface area contributed by atoms with E-state index in [0.717, 1.165) is 24.0 Å². The molecule has 0 aromatic heterocycles. The zero-order chi connectivity index (χ0) is 21.5. The van der Waals surface area contributed by atoms with Crippen molar-refractivity contribution in [1.29, 1.82) is 0 Å². The van der Waals surface area contributed by atoms with Crippen molar-refractivity contribution in [3.05, 3.63) is 89.2 Å². The van der Waals surface area contributed by atoms with Crippen molar-refractivity contribution in [3.8, 4) is 16.9 Å². The summed E-state index contributed by atoms with van der Waals surface area (Å²) in [6.45, 7) is 2.28. The lowest BCUT2D eigenvalue weighted by molar-refractivity contribution is -0.136. The molecule has 0 saturated heterocycles. The number of hydrogen-bond donors (Lipinski definition) is 2. The van der Waals surface area contributed by atoms with Gasteiger partial charge in [0.05, 0.1) is 6.42 Å². The summed E-state index contributed by atoms with van der Waals surface area (Å²) in [6.07, 6.45) is 1.51. The second-order valence-electron chi connectivity index (χ2n) is 7.27. The molecule has 0 spiro atoms. The van der Waals surface area contributed by atoms with Gasteiger partial charge >= 0.3 is 5.97 Å². The van der Waals surface area contributed by atoms with Crippen LogP contribution in [-0.4, -0.2) is 11.1 Å². The minimum atomic E-state index is -0.912. The van der Waals surface area contributed by atoms with Crippen LogP contribution in [0.1, 0.15) is 42.5 Å². The van der Waals surface area contributed by atoms with Gasteiger partial charge in [-0.2, -0.15) is 0 Å². The van der Waals surface area contributed by atoms with Gasteiger partial charge in [-0.3, -0.25) is 4.79 Å². The number of carboxylic acids is 1. The average molecular weight is 407 g/mol. The Kier molecular flexibility index (Phi) is 7.20. The second kappa shape index (κ2) is 10.0. The Morgan fingerprint density at radius 2 is 1.87 bits per heavy atom. The van der Waals surface area contributed by atoms with E-state index >= 15 is 4.39 Å². The smallest absolute Gasteiger partial charge is 0.307 e. The lowest BCUT2D eigenvalue weighted by Gasteiger charge is -2.15. The molecule has 0 aliphatic heterocycles. The Balaban J connectivity index is 1.81. The van der Waals surface area contributed by atoms with E-state index in [4.69, 9.17) is 15.6 Å². The summed E-state index contributed by atoms with van der Waals surface area (Å²) >= 11 is 0. The van der Waals surface area contributed by atoms with Crippen molar-refractivity contribution in [2.24, 2.45) is 5.73 Å². The fraction of sp³-hybridized carbons (Fsp3) is 0.240. The van der Waals surface area contributed by atoms with Crippen molar-refractivity contribution in [3.63, 3.8) is 0 Å². The summed E-state index contributed by atoms with van der Waals surface area (Å²) in [6, 6.07) is 19.6. The summed E-state index contributed by atoms with van der Waals surface area (Å²) in [4.78, 5) is 11.0. The molecule has 0 aliphatic carbocycles. The van der Waals surface area contributed by atoms with Crippen LogP contribution in [0.15, 0.2) is 66.7 Å². The fourth-order valence-corrected chi connectivity index (χ4v) is 3.47. The van der Waals surface area contributed by atoms with Crippen LogP contribution in [0.5, 0.6) is 5.75 Å². The Labute approximate surface area is 176 Å². The van der Waals surface area contributed by atoms with Crippen LogP contribution in [0, 0.1) is 5.82 Å². The van der Waals surface area contributed by atoms with Crippen molar-refractivity contribution >= 4 is 5.97 Å². The van der Waals surface area contributed by atoms with Gasteiger partial charge in [-0.05, 0) is 29.7 Å². The SMILES string of the molecule is CCCC(N)c1cccc(-c2cccc(COc3ccccc3CC(=O)O)c2)c1F. The van der Waals surface area contributed by atoms with Crippen molar-refractivity contribution in [1.82, 2.24) is 0 Å². The van der Waals surface area contributed by atoms with Crippen LogP contribution in [0.4, 0.5) is 4.39 Å². The molecule has 3 rings (SSSR count). The number of nitrogens with two attached hydrogens (primary N) is 1. The molecule has 0 fully saturated rings. The number of aliphatic carboxylic acids is 1. The summed E-state index contributed by atoms with van der Waals surface area (Å²) in [5, 5.41) is 9.06. The highest BCUT2D eigenvalue weighted by molar-refractivity contribution is 5.71. The Morgan fingerprint density at radius 3 is 2.63 bits per heavy atom. The molecule has 0 aliphatic rings. The van der Waals surface area contributed by atoms with Crippen LogP contribution in [0.2, 0.25) is 0 Å². The van der Waals surface area contributed by atoms with Crippen LogP contribution in [0.3, 0.4) is 0 Å². The standard InChI is InChI=1S/C25H26FNO3/c1-2-7-22(27)21-12-6-11-20(25(21)26)18-10-5-8-17(14-18)16-30-23-13-4-3-9-19(23)15-24(28)29/h3-6,8-14,22H,2,7,15-16,27H2,1H3,(H,28,29). The molecule has 3 aromatic rings. The van der Waals surface area contributed by atoms with Gasteiger partial charge in [0.25, 0.3) is 0 Å². The van der Waals surface area contributed by atoms with Crippen molar-refractivity contribution < 1.29 is 19.0 Å². The highest BCUT2D eigenvalue weighted by Gasteiger charge is 2.15. The molecule has 1 unspecified atom stereocenters. The first-order chi connectivity index (χ1) is 14.5. The zero-order valence-electron chi connectivity index (χ0n) is 17.0. The predicted molar refractivity (Wildman–Crippen MR) is 116 cm³/mol. The topological polar surface area (TPSA) is 72.5 Å². The van der Waals surface area contributed by atoms with Gasteiger partial charge in [-0.25, -0.2) is 4.39 Å². The molecular weight excluding hydrogens is 381 g/mol. The summed E-state index contributed by atoms with van der Waals surface area (Å²) in [5.41, 5.74) is 9.40. The number of hydrogen-bond acceptors (Lipinski definition) is 3. The number of ether oxygens (including phenoxy) is 1. The van der Waals surface area contributed by atoms with Gasteiger partial charge in [0, 0.05) is 22.7 Å². The fourth-order valence-electron chi connectivity index (χ4n) is 3.47. The van der Waals surface area contributed by atoms with E-state index in [0.29, 0.717) is 22.4 Å². The number of para-hydroxylation sites is 1. The molecule has 3 N–H and O–H groups in total. The van der Waals surface area contributed by atoms with Crippen LogP contribution in [-0.2, 0) is 17.8 Å². The number of carbonyl (C=O) groups is 1. The Morgan fingerprint density at radius 1 is 1.10 bits per heavy atom. The van der Waals surface area contributed by atoms with E-state index < -0.39 is 5.97 Å². The van der Waals surface area contributed by atoms with Gasteiger partial charge < -0.3 is 15.6 Å². The van der Waals surface area contributed by atoms with E-state index in [1.165, 1.54) is 0 Å². The number of halogens is 1. The Hall–Kier alpha value is -3.18. The normalized spacial score (nSPS) is 11.8. The van der Waals surface area contributed by atoms with E-state index in [9.17, 15) is 4.79 Å². The second-order valence-corrected chi connectivity index (χ2v) is 7.27. The van der Waals surface area contributed by atoms with E-state index in [1.54, 1.807) is 36.4 Å². The van der Waals surface area contributed by atoms with Crippen LogP contribution in [0.25, 0.3) is 11.1 Å². The third kappa shape index (κ3) is 5.24. The quantitative estimate of drug-likeness (QED) is 0.491. The van der Waals surface area contributed by atoms with E-state index in [-0.39, 0.29) is 24.9 Å². The minimum absolute atomic E-state index is 0.105. The number of carboxylic acid groups (broad SMARTS) is 1. The molecule has 0 bridgehead atoms. The van der Waals surface area contributed by atoms with Crippen molar-refractivity contribution in [2.75, 3.05) is 0 Å². The summed E-state index contributed by atoms with van der Waals surface area (Å²) < 4.78 is 21.0. The molecule has 1 atom stereocenters. The molecule has 0 radical (unpaired) electrons. The third-order valence-corrected chi connectivity index (χ3v) is 4.97. The van der Waals surface area contributed by atoms with Crippen LogP contribution >= 0.6 is 0 Å². The maximum Gasteiger partial charge on any atom is 0.307 e. The molecule has 3 aromatic carbocycles. The Bertz CT molecular complexity index is 1020. The maximum atomic E-state index is 15.1. The zero-order valence-corrected chi connectivity index (χ0v) is 17.0. The lowest BCUT2D eigenvalue weighted by Crippen LogP contribution is -2.12. The van der Waals surface area contributed by atoms with E-state index in [2.05, 4.69) is 0 Å². The predicted octanol–water partition coefficient (Wildman–Crippen LogP) is 5.50. The van der Waals surface area contributed by atoms with Gasteiger partial charge in [0.15, 0.2) is 0 Å². The largest absolute Gasteiger partial charge is 0.489 e. The molecule has 0 saturated carbocycles. The van der Waals surface area contributed by atoms with E-state index in [1.807, 2.05) is 37.3 Å². The average Bonchev–Trinajstić information content (AvgIpc) is 2.73. The number of rotatable bonds is 9. The number of benzene rings is 3. The monoisotopic (exact) mass is 407 g/mol. The molecular formula is C25H26FNO3. The molecule has 0 heterocycles. The molecule has 5 heteroatoms. The van der Waals surface area contributed by atoms with Gasteiger partial charge in [-0.1, -0.05) is 67.9 Å². The summed E-state index contributed by atoms with van der Waals surface area (Å²) in [7, 11) is 0. The maximum absolute atomic E-state index is 15.1. The lowest BCUT2D eigenvalue weighted by atomic mass is 9.96. The minimum Gasteiger partial charge on any atom is -0.489 e. The van der Waals surface area contributed by atoms with Gasteiger partial charge in [0.1, 0.15) is 18.2 Å². The first-order valence-corrected chi connectivity index (χ1v) is 10.1. The highest BCUT2D eigenvalue weighted by atomic mass is 19.1. The molecule has 4 nitrogen and oxygen atoms in total. The first kappa shape index (κ1) is 21.5. The third-order valence-electron chi connectivity index (χ3n) is 4.97. The summed E-state index contributed by atoms with van der Waals surface area (Å²) in [5.74, 6) is -0.669. The molecule has 0 amide bonds. The molecule has 156 valence electrons. The van der Waals surface area contributed by atoms with Crippen LogP contribution < -0.4 is 10.5 Å².